The molecule has 3 heterocycles. The molecule has 2 bridgehead atoms. The van der Waals surface area contributed by atoms with Crippen molar-refractivity contribution in [3.8, 4) is 5.75 Å². The fourth-order valence-corrected chi connectivity index (χ4v) is 10.4. The number of benzene rings is 2. The SMILES string of the molecule is CC1OC2CN(C1=O)[C@@H](CC(N)=O)C(=O)N[C@H](C(=O)N1CCC[C@H]1C(=O)N[C@H](CCCN=C(N)N)C(=O)NCC(N)=O)CSSCCC(=O)N[C@@H](Cc1ccc(O)cc1)C(=O)N[C@H]2Cc1ccccc1. The number of likely N-dealkylation sites (tertiary alicyclic amines) is 1. The van der Waals surface area contributed by atoms with Gasteiger partial charge in [-0.25, -0.2) is 0 Å². The van der Waals surface area contributed by atoms with Crippen LogP contribution in [0.15, 0.2) is 59.6 Å². The van der Waals surface area contributed by atoms with Gasteiger partial charge in [0.15, 0.2) is 5.96 Å². The highest BCUT2D eigenvalue weighted by Crippen LogP contribution is 2.27. The molecule has 0 saturated carbocycles. The van der Waals surface area contributed by atoms with Crippen LogP contribution >= 0.6 is 21.6 Å². The number of phenolic OH excluding ortho intramolecular Hbond substituents is 1. The van der Waals surface area contributed by atoms with Crippen LogP contribution in [0.4, 0.5) is 0 Å². The average Bonchev–Trinajstić information content (AvgIpc) is 3.82. The topological polar surface area (TPSA) is 366 Å². The van der Waals surface area contributed by atoms with E-state index in [2.05, 4.69) is 31.6 Å². The molecule has 9 amide bonds. The minimum atomic E-state index is -1.54. The van der Waals surface area contributed by atoms with Crippen LogP contribution in [0.3, 0.4) is 0 Å². The van der Waals surface area contributed by atoms with Gasteiger partial charge in [0.1, 0.15) is 42.1 Å². The summed E-state index contributed by atoms with van der Waals surface area (Å²) in [6.45, 7) is 0.894. The van der Waals surface area contributed by atoms with Gasteiger partial charge < -0.3 is 69.2 Å². The molecule has 2 unspecified atom stereocenters. The van der Waals surface area contributed by atoms with Crippen LogP contribution in [-0.2, 0) is 60.7 Å². The van der Waals surface area contributed by atoms with E-state index in [4.69, 9.17) is 27.7 Å². The van der Waals surface area contributed by atoms with Gasteiger partial charge in [-0.2, -0.15) is 0 Å². The number of hydrogen-bond donors (Lipinski definition) is 10. The Morgan fingerprint density at radius 3 is 2.30 bits per heavy atom. The monoisotopic (exact) mass is 1010 g/mol. The van der Waals surface area contributed by atoms with E-state index < -0.39 is 115 Å². The smallest absolute Gasteiger partial charge is 0.252 e. The minimum Gasteiger partial charge on any atom is -0.508 e. The summed E-state index contributed by atoms with van der Waals surface area (Å²) in [5.74, 6) is -6.42. The van der Waals surface area contributed by atoms with Crippen molar-refractivity contribution in [1.82, 2.24) is 36.4 Å². The average molecular weight is 1010 g/mol. The maximum absolute atomic E-state index is 14.6. The fraction of sp³-hybridized carbons (Fsp3) is 0.511. The number of nitrogens with zero attached hydrogens (tertiary/aromatic N) is 3. The van der Waals surface area contributed by atoms with E-state index in [1.54, 1.807) is 12.1 Å². The van der Waals surface area contributed by atoms with Gasteiger partial charge in [0.05, 0.1) is 25.1 Å². The van der Waals surface area contributed by atoms with Gasteiger partial charge in [-0.15, -0.1) is 0 Å². The van der Waals surface area contributed by atoms with Crippen molar-refractivity contribution < 1.29 is 53.0 Å². The van der Waals surface area contributed by atoms with Crippen molar-refractivity contribution in [2.75, 3.05) is 37.7 Å². The Kier molecular flexibility index (Phi) is 20.5. The summed E-state index contributed by atoms with van der Waals surface area (Å²) in [4.78, 5) is 129. The summed E-state index contributed by atoms with van der Waals surface area (Å²) < 4.78 is 6.25. The quantitative estimate of drug-likeness (QED) is 0.0357. The predicted molar refractivity (Wildman–Crippen MR) is 260 cm³/mol. The van der Waals surface area contributed by atoms with Crippen molar-refractivity contribution in [3.05, 3.63) is 65.7 Å². The number of fused-ring (bicyclic) bond motifs is 2. The molecule has 380 valence electrons. The number of phenols is 1. The molecule has 70 heavy (non-hydrogen) atoms. The van der Waals surface area contributed by atoms with E-state index in [-0.39, 0.29) is 81.4 Å². The second-order valence-electron chi connectivity index (χ2n) is 17.1. The number of amides is 9. The first kappa shape index (κ1) is 54.3. The van der Waals surface area contributed by atoms with E-state index in [9.17, 15) is 48.3 Å². The van der Waals surface area contributed by atoms with Gasteiger partial charge in [0, 0.05) is 44.0 Å². The third kappa shape index (κ3) is 16.3. The van der Waals surface area contributed by atoms with E-state index >= 15 is 0 Å². The minimum absolute atomic E-state index is 0.0160. The summed E-state index contributed by atoms with van der Waals surface area (Å²) in [5, 5.41) is 23.6. The van der Waals surface area contributed by atoms with Gasteiger partial charge in [-0.3, -0.25) is 48.1 Å². The lowest BCUT2D eigenvalue weighted by Crippen LogP contribution is -2.65. The molecule has 5 rings (SSSR count). The third-order valence-corrected chi connectivity index (χ3v) is 14.2. The highest BCUT2D eigenvalue weighted by atomic mass is 33.1. The van der Waals surface area contributed by atoms with Crippen LogP contribution in [0, 0.1) is 0 Å². The van der Waals surface area contributed by atoms with Gasteiger partial charge >= 0.3 is 0 Å². The van der Waals surface area contributed by atoms with Crippen LogP contribution < -0.4 is 49.5 Å². The van der Waals surface area contributed by atoms with Gasteiger partial charge in [0.25, 0.3) is 5.91 Å². The van der Waals surface area contributed by atoms with E-state index in [1.165, 1.54) is 34.8 Å². The molecule has 0 aliphatic carbocycles. The summed E-state index contributed by atoms with van der Waals surface area (Å²) in [6, 6.07) is 8.19. The molecular formula is C45H62N12O11S2. The molecule has 25 heteroatoms. The number of aliphatic imine (C=N–C) groups is 1. The number of carbonyl (C=O) groups excluding carboxylic acids is 9. The molecular weight excluding hydrogens is 949 g/mol. The number of morpholine rings is 1. The van der Waals surface area contributed by atoms with Crippen LogP contribution in [0.1, 0.15) is 56.6 Å². The van der Waals surface area contributed by atoms with Crippen molar-refractivity contribution in [1.29, 1.82) is 0 Å². The Labute approximate surface area is 412 Å². The second-order valence-corrected chi connectivity index (χ2v) is 19.7. The largest absolute Gasteiger partial charge is 0.508 e. The number of guanidine groups is 1. The Bertz CT molecular complexity index is 2240. The van der Waals surface area contributed by atoms with Crippen molar-refractivity contribution in [2.24, 2.45) is 27.9 Å². The third-order valence-electron chi connectivity index (χ3n) is 11.8. The van der Waals surface area contributed by atoms with Crippen LogP contribution in [0.2, 0.25) is 0 Å². The molecule has 2 aromatic carbocycles. The second kappa shape index (κ2) is 26.4. The lowest BCUT2D eigenvalue weighted by molar-refractivity contribution is -0.170. The number of nitrogens with two attached hydrogens (primary N) is 4. The van der Waals surface area contributed by atoms with Crippen LogP contribution in [-0.4, -0.2) is 160 Å². The number of primary amides is 2. The van der Waals surface area contributed by atoms with E-state index in [0.29, 0.717) is 12.0 Å². The van der Waals surface area contributed by atoms with E-state index in [1.807, 2.05) is 30.3 Å². The fourth-order valence-electron chi connectivity index (χ4n) is 8.28. The van der Waals surface area contributed by atoms with Gasteiger partial charge in [0.2, 0.25) is 47.3 Å². The molecule has 3 aliphatic rings. The number of nitrogens with one attached hydrogen (secondary N) is 5. The number of rotatable bonds is 16. The zero-order valence-corrected chi connectivity index (χ0v) is 40.3. The number of ether oxygens (including phenoxy) is 1. The summed E-state index contributed by atoms with van der Waals surface area (Å²) >= 11 is 0. The standard InChI is InChI=1S/C45H62N12O11S2/c1-25-43(66)57-23-35(68-25)30(19-26-7-3-2-4-8-26)54-40(63)31(20-27-11-13-28(58)14-12-27)52-38(61)15-18-69-70-24-32(55-42(65)34(57)21-36(46)59)44(67)56-17-6-10-33(56)41(64)53-29(9-5-16-50-45(48)49)39(62)51-22-37(47)60/h2-4,7-8,11-14,25,29-35,58H,5-6,9-10,15-24H2,1H3,(H2,46,59)(H2,47,60)(H,51,62)(H,52,61)(H,53,64)(H,54,63)(H,55,65)(H4,48,49,50)/t25?,29-,30+,31+,32+,33+,34+,35?/m1/s1. The maximum atomic E-state index is 14.6. The van der Waals surface area contributed by atoms with E-state index in [0.717, 1.165) is 21.3 Å². The lowest BCUT2D eigenvalue weighted by Gasteiger charge is -2.43. The highest BCUT2D eigenvalue weighted by Gasteiger charge is 2.45. The van der Waals surface area contributed by atoms with Gasteiger partial charge in [-0.1, -0.05) is 64.1 Å². The zero-order valence-electron chi connectivity index (χ0n) is 38.7. The summed E-state index contributed by atoms with van der Waals surface area (Å²) in [6.07, 6.45) is -1.75. The number of aromatic hydroxyl groups is 1. The highest BCUT2D eigenvalue weighted by molar-refractivity contribution is 8.76. The molecule has 0 spiro atoms. The molecule has 23 nitrogen and oxygen atoms in total. The lowest BCUT2D eigenvalue weighted by atomic mass is 9.96. The van der Waals surface area contributed by atoms with Crippen LogP contribution in [0.25, 0.3) is 0 Å². The maximum Gasteiger partial charge on any atom is 0.252 e. The predicted octanol–water partition coefficient (Wildman–Crippen LogP) is -2.59. The molecule has 3 saturated heterocycles. The van der Waals surface area contributed by atoms with Crippen molar-refractivity contribution in [3.63, 3.8) is 0 Å². The first-order valence-corrected chi connectivity index (χ1v) is 25.3. The molecule has 2 aromatic rings. The number of hydrogen-bond acceptors (Lipinski definition) is 14. The first-order chi connectivity index (χ1) is 33.4. The normalized spacial score (nSPS) is 24.1. The molecule has 14 N–H and O–H groups in total. The Hall–Kier alpha value is -6.60. The molecule has 8 atom stereocenters. The van der Waals surface area contributed by atoms with Crippen LogP contribution in [0.5, 0.6) is 5.75 Å². The van der Waals surface area contributed by atoms with Crippen molar-refractivity contribution in [2.45, 2.75) is 107 Å². The Balaban J connectivity index is 1.45. The summed E-state index contributed by atoms with van der Waals surface area (Å²) in [7, 11) is 2.35. The Morgan fingerprint density at radius 2 is 1.61 bits per heavy atom. The molecule has 0 radical (unpaired) electrons. The zero-order chi connectivity index (χ0) is 50.9. The molecule has 3 fully saturated rings. The first-order valence-electron chi connectivity index (χ1n) is 22.8. The summed E-state index contributed by atoms with van der Waals surface area (Å²) in [5.41, 5.74) is 23.2. The van der Waals surface area contributed by atoms with Crippen molar-refractivity contribution >= 4 is 80.7 Å². The molecule has 3 aliphatic heterocycles. The number of carbonyl (C=O) groups is 9. The molecule has 0 aromatic heterocycles. The Morgan fingerprint density at radius 1 is 0.900 bits per heavy atom. The van der Waals surface area contributed by atoms with Gasteiger partial charge in [-0.05, 0) is 62.3 Å².